The van der Waals surface area contributed by atoms with E-state index in [1.807, 2.05) is 0 Å². The molecule has 0 saturated heterocycles. The van der Waals surface area contributed by atoms with Gasteiger partial charge in [-0.2, -0.15) is 0 Å². The molecule has 3 aliphatic rings. The molecule has 4 heteroatoms. The van der Waals surface area contributed by atoms with E-state index in [0.717, 1.165) is 56.9 Å². The van der Waals surface area contributed by atoms with Crippen LogP contribution in [0, 0.1) is 11.8 Å². The summed E-state index contributed by atoms with van der Waals surface area (Å²) in [6.45, 7) is 2.90. The molecular formula is C23H41N3O. The van der Waals surface area contributed by atoms with Crippen molar-refractivity contribution in [3.63, 3.8) is 0 Å². The van der Waals surface area contributed by atoms with Gasteiger partial charge in [-0.25, -0.2) is 4.99 Å². The van der Waals surface area contributed by atoms with E-state index in [2.05, 4.69) is 6.92 Å². The predicted octanol–water partition coefficient (Wildman–Crippen LogP) is 5.40. The van der Waals surface area contributed by atoms with Crippen molar-refractivity contribution in [1.29, 1.82) is 0 Å². The summed E-state index contributed by atoms with van der Waals surface area (Å²) in [5.41, 5.74) is 5.71. The van der Waals surface area contributed by atoms with E-state index in [1.165, 1.54) is 64.2 Å². The number of unbranched alkanes of at least 4 members (excludes halogenated alkanes) is 1. The number of guanidine groups is 1. The number of aliphatic imine (C=N–C) groups is 1. The Morgan fingerprint density at radius 3 is 1.96 bits per heavy atom. The van der Waals surface area contributed by atoms with Crippen LogP contribution in [0.3, 0.4) is 0 Å². The Bertz CT molecular complexity index is 482. The molecule has 1 heterocycles. The summed E-state index contributed by atoms with van der Waals surface area (Å²) >= 11 is 0. The fourth-order valence-electron chi connectivity index (χ4n) is 5.50. The fourth-order valence-corrected chi connectivity index (χ4v) is 5.50. The van der Waals surface area contributed by atoms with Gasteiger partial charge in [-0.05, 0) is 43.9 Å². The van der Waals surface area contributed by atoms with Crippen LogP contribution in [0.15, 0.2) is 4.99 Å². The Morgan fingerprint density at radius 2 is 1.48 bits per heavy atom. The van der Waals surface area contributed by atoms with E-state index in [0.29, 0.717) is 5.96 Å². The lowest BCUT2D eigenvalue weighted by Crippen LogP contribution is -2.45. The summed E-state index contributed by atoms with van der Waals surface area (Å²) in [6.07, 6.45) is 19.8. The van der Waals surface area contributed by atoms with Crippen molar-refractivity contribution in [1.82, 2.24) is 4.90 Å². The molecule has 0 bridgehead atoms. The van der Waals surface area contributed by atoms with Crippen LogP contribution in [-0.4, -0.2) is 28.9 Å². The third-order valence-electron chi connectivity index (χ3n) is 7.37. The van der Waals surface area contributed by atoms with Crippen LogP contribution in [0.25, 0.3) is 0 Å². The lowest BCUT2D eigenvalue weighted by atomic mass is 9.77. The fraction of sp³-hybridized carbons (Fsp3) is 0.913. The lowest BCUT2D eigenvalue weighted by Gasteiger charge is -2.31. The molecule has 27 heavy (non-hydrogen) atoms. The minimum absolute atomic E-state index is 0.208. The predicted molar refractivity (Wildman–Crippen MR) is 113 cm³/mol. The highest BCUT2D eigenvalue weighted by molar-refractivity contribution is 6.06. The molecule has 2 saturated carbocycles. The zero-order valence-electron chi connectivity index (χ0n) is 17.6. The molecule has 2 N–H and O–H groups in total. The summed E-state index contributed by atoms with van der Waals surface area (Å²) in [5, 5.41) is 0. The maximum atomic E-state index is 13.4. The zero-order valence-corrected chi connectivity index (χ0v) is 17.6. The molecule has 0 aromatic heterocycles. The maximum Gasteiger partial charge on any atom is 0.257 e. The summed E-state index contributed by atoms with van der Waals surface area (Å²) in [6, 6.07) is 0. The molecule has 3 rings (SSSR count). The largest absolute Gasteiger partial charge is 0.369 e. The first-order chi connectivity index (χ1) is 13.1. The number of rotatable bonds is 9. The Hall–Kier alpha value is -1.06. The second-order valence-electron chi connectivity index (χ2n) is 9.40. The SMILES string of the molecule is CCCCN1C(=O)C(CCC2CCCCC2)(CCC2CCCCC2)N=C1N. The molecule has 154 valence electrons. The van der Waals surface area contributed by atoms with Crippen molar-refractivity contribution in [2.75, 3.05) is 6.54 Å². The average Bonchev–Trinajstić information content (AvgIpc) is 2.95. The van der Waals surface area contributed by atoms with Crippen molar-refractivity contribution in [3.05, 3.63) is 0 Å². The molecule has 0 spiro atoms. The van der Waals surface area contributed by atoms with Gasteiger partial charge in [0.15, 0.2) is 5.96 Å². The highest BCUT2D eigenvalue weighted by atomic mass is 16.2. The Balaban J connectivity index is 1.66. The topological polar surface area (TPSA) is 58.7 Å². The van der Waals surface area contributed by atoms with Crippen LogP contribution in [0.4, 0.5) is 0 Å². The van der Waals surface area contributed by atoms with Gasteiger partial charge in [0.25, 0.3) is 5.91 Å². The maximum absolute atomic E-state index is 13.4. The molecule has 1 amide bonds. The number of hydrogen-bond acceptors (Lipinski definition) is 3. The first-order valence-electron chi connectivity index (χ1n) is 11.8. The van der Waals surface area contributed by atoms with Gasteiger partial charge in [-0.1, -0.05) is 77.6 Å². The van der Waals surface area contributed by atoms with Crippen molar-refractivity contribution < 1.29 is 4.79 Å². The number of nitrogens with zero attached hydrogens (tertiary/aromatic N) is 2. The van der Waals surface area contributed by atoms with E-state index < -0.39 is 5.54 Å². The zero-order chi connectivity index (χ0) is 19.1. The lowest BCUT2D eigenvalue weighted by molar-refractivity contribution is -0.132. The van der Waals surface area contributed by atoms with Gasteiger partial charge < -0.3 is 5.73 Å². The second-order valence-corrected chi connectivity index (χ2v) is 9.40. The number of hydrogen-bond donors (Lipinski definition) is 1. The normalized spacial score (nSPS) is 24.4. The van der Waals surface area contributed by atoms with Crippen LogP contribution in [0.2, 0.25) is 0 Å². The first kappa shape index (κ1) is 20.7. The van der Waals surface area contributed by atoms with Crippen LogP contribution in [0.1, 0.15) is 110 Å². The molecule has 0 aromatic rings. The molecular weight excluding hydrogens is 334 g/mol. The summed E-state index contributed by atoms with van der Waals surface area (Å²) < 4.78 is 0. The number of amides is 1. The van der Waals surface area contributed by atoms with Gasteiger partial charge in [0.2, 0.25) is 0 Å². The highest BCUT2D eigenvalue weighted by Crippen LogP contribution is 2.39. The van der Waals surface area contributed by atoms with Crippen LogP contribution < -0.4 is 5.73 Å². The van der Waals surface area contributed by atoms with Gasteiger partial charge in [-0.3, -0.25) is 9.69 Å². The van der Waals surface area contributed by atoms with E-state index >= 15 is 0 Å². The number of carbonyl (C=O) groups excluding carboxylic acids is 1. The quantitative estimate of drug-likeness (QED) is 0.586. The number of nitrogens with two attached hydrogens (primary N) is 1. The van der Waals surface area contributed by atoms with Crippen LogP contribution >= 0.6 is 0 Å². The molecule has 2 aliphatic carbocycles. The van der Waals surface area contributed by atoms with Gasteiger partial charge in [0.1, 0.15) is 5.54 Å². The van der Waals surface area contributed by atoms with Crippen LogP contribution in [0.5, 0.6) is 0 Å². The average molecular weight is 376 g/mol. The highest BCUT2D eigenvalue weighted by Gasteiger charge is 2.47. The van der Waals surface area contributed by atoms with E-state index in [-0.39, 0.29) is 5.91 Å². The van der Waals surface area contributed by atoms with Gasteiger partial charge in [0.05, 0.1) is 0 Å². The molecule has 0 radical (unpaired) electrons. The van der Waals surface area contributed by atoms with Crippen molar-refractivity contribution in [2.24, 2.45) is 22.6 Å². The molecule has 0 aromatic carbocycles. The molecule has 0 atom stereocenters. The summed E-state index contributed by atoms with van der Waals surface area (Å²) in [4.78, 5) is 20.1. The van der Waals surface area contributed by atoms with Crippen LogP contribution in [-0.2, 0) is 4.79 Å². The Morgan fingerprint density at radius 1 is 0.963 bits per heavy atom. The second kappa shape index (κ2) is 9.93. The van der Waals surface area contributed by atoms with Gasteiger partial charge >= 0.3 is 0 Å². The molecule has 1 aliphatic heterocycles. The third kappa shape index (κ3) is 5.26. The van der Waals surface area contributed by atoms with Gasteiger partial charge in [-0.15, -0.1) is 0 Å². The van der Waals surface area contributed by atoms with E-state index in [4.69, 9.17) is 10.7 Å². The van der Waals surface area contributed by atoms with Crippen molar-refractivity contribution in [3.8, 4) is 0 Å². The minimum atomic E-state index is -0.549. The van der Waals surface area contributed by atoms with Crippen molar-refractivity contribution in [2.45, 2.75) is 115 Å². The minimum Gasteiger partial charge on any atom is -0.369 e. The Kier molecular flexibility index (Phi) is 7.60. The third-order valence-corrected chi connectivity index (χ3v) is 7.37. The summed E-state index contributed by atoms with van der Waals surface area (Å²) in [7, 11) is 0. The Labute approximate surface area is 166 Å². The molecule has 2 fully saturated rings. The monoisotopic (exact) mass is 375 g/mol. The summed E-state index contributed by atoms with van der Waals surface area (Å²) in [5.74, 6) is 2.28. The molecule has 0 unspecified atom stereocenters. The molecule has 4 nitrogen and oxygen atoms in total. The number of carbonyl (C=O) groups is 1. The van der Waals surface area contributed by atoms with E-state index in [1.54, 1.807) is 4.90 Å². The first-order valence-corrected chi connectivity index (χ1v) is 11.8. The van der Waals surface area contributed by atoms with Crippen molar-refractivity contribution >= 4 is 11.9 Å². The van der Waals surface area contributed by atoms with Gasteiger partial charge in [0, 0.05) is 6.54 Å². The smallest absolute Gasteiger partial charge is 0.257 e. The van der Waals surface area contributed by atoms with E-state index in [9.17, 15) is 4.79 Å². The standard InChI is InChI=1S/C23H41N3O/c1-2-3-18-26-21(27)23(25-22(26)24,16-14-19-10-6-4-7-11-19)17-15-20-12-8-5-9-13-20/h19-20H,2-18H2,1H3,(H2,24,25).